The SMILES string of the molecule is COc1ccc2c(c1OC)CC[n+]1c(Cl)cc(Cl)c(C)c1-2. The van der Waals surface area contributed by atoms with Crippen molar-refractivity contribution >= 4 is 23.2 Å². The van der Waals surface area contributed by atoms with E-state index in [1.807, 2.05) is 19.1 Å². The minimum atomic E-state index is 0.654. The molecule has 0 spiro atoms. The zero-order valence-corrected chi connectivity index (χ0v) is 13.7. The van der Waals surface area contributed by atoms with Crippen molar-refractivity contribution in [1.29, 1.82) is 0 Å². The lowest BCUT2D eigenvalue weighted by atomic mass is 9.93. The first-order chi connectivity index (χ1) is 10.1. The van der Waals surface area contributed by atoms with Gasteiger partial charge in [-0.05, 0) is 30.7 Å². The molecule has 0 N–H and O–H groups in total. The van der Waals surface area contributed by atoms with Gasteiger partial charge in [0.05, 0.1) is 24.8 Å². The van der Waals surface area contributed by atoms with E-state index in [9.17, 15) is 0 Å². The number of nitrogens with zero attached hydrogens (tertiary/aromatic N) is 1. The third kappa shape index (κ3) is 2.16. The number of pyridine rings is 1. The molecule has 110 valence electrons. The van der Waals surface area contributed by atoms with Crippen molar-refractivity contribution < 1.29 is 14.0 Å². The average Bonchev–Trinajstić information content (AvgIpc) is 2.50. The molecule has 3 rings (SSSR count). The molecule has 0 radical (unpaired) electrons. The van der Waals surface area contributed by atoms with Crippen molar-refractivity contribution in [2.75, 3.05) is 14.2 Å². The first-order valence-electron chi connectivity index (χ1n) is 6.71. The summed E-state index contributed by atoms with van der Waals surface area (Å²) in [5.41, 5.74) is 4.31. The van der Waals surface area contributed by atoms with E-state index >= 15 is 0 Å². The zero-order valence-electron chi connectivity index (χ0n) is 12.2. The highest BCUT2D eigenvalue weighted by atomic mass is 35.5. The summed E-state index contributed by atoms with van der Waals surface area (Å²) in [5.74, 6) is 1.53. The maximum absolute atomic E-state index is 6.34. The van der Waals surface area contributed by atoms with Gasteiger partial charge in [0.1, 0.15) is 0 Å². The fraction of sp³-hybridized carbons (Fsp3) is 0.312. The van der Waals surface area contributed by atoms with E-state index in [4.69, 9.17) is 32.7 Å². The second-order valence-corrected chi connectivity index (χ2v) is 5.81. The highest BCUT2D eigenvalue weighted by Gasteiger charge is 2.32. The van der Waals surface area contributed by atoms with Gasteiger partial charge in [0.25, 0.3) is 5.15 Å². The molecule has 1 aromatic carbocycles. The van der Waals surface area contributed by atoms with Crippen LogP contribution >= 0.6 is 23.2 Å². The summed E-state index contributed by atoms with van der Waals surface area (Å²) in [6, 6.07) is 5.76. The molecule has 1 aliphatic rings. The zero-order chi connectivity index (χ0) is 15.1. The molecule has 3 nitrogen and oxygen atoms in total. The van der Waals surface area contributed by atoms with Crippen LogP contribution in [0.2, 0.25) is 10.2 Å². The van der Waals surface area contributed by atoms with E-state index < -0.39 is 0 Å². The van der Waals surface area contributed by atoms with Gasteiger partial charge in [0.2, 0.25) is 5.69 Å². The van der Waals surface area contributed by atoms with Crippen LogP contribution in [-0.4, -0.2) is 14.2 Å². The fourth-order valence-electron chi connectivity index (χ4n) is 2.96. The third-order valence-corrected chi connectivity index (χ3v) is 4.68. The molecular weight excluding hydrogens is 309 g/mol. The first-order valence-corrected chi connectivity index (χ1v) is 7.46. The van der Waals surface area contributed by atoms with Crippen molar-refractivity contribution in [1.82, 2.24) is 0 Å². The minimum Gasteiger partial charge on any atom is -0.493 e. The highest BCUT2D eigenvalue weighted by molar-refractivity contribution is 6.34. The molecule has 1 aromatic heterocycles. The molecule has 5 heteroatoms. The van der Waals surface area contributed by atoms with E-state index in [2.05, 4.69) is 4.57 Å². The largest absolute Gasteiger partial charge is 0.493 e. The van der Waals surface area contributed by atoms with Crippen LogP contribution in [0.3, 0.4) is 0 Å². The van der Waals surface area contributed by atoms with E-state index in [1.165, 1.54) is 0 Å². The fourth-order valence-corrected chi connectivity index (χ4v) is 3.49. The van der Waals surface area contributed by atoms with Crippen molar-refractivity contribution in [3.05, 3.63) is 39.5 Å². The predicted molar refractivity (Wildman–Crippen MR) is 83.6 cm³/mol. The lowest BCUT2D eigenvalue weighted by molar-refractivity contribution is -0.685. The molecule has 1 aliphatic heterocycles. The predicted octanol–water partition coefficient (Wildman–Crippen LogP) is 3.83. The number of rotatable bonds is 2. The molecule has 0 fully saturated rings. The summed E-state index contributed by atoms with van der Waals surface area (Å²) in [5, 5.41) is 1.33. The van der Waals surface area contributed by atoms with Gasteiger partial charge in [-0.3, -0.25) is 0 Å². The molecule has 21 heavy (non-hydrogen) atoms. The molecule has 2 aromatic rings. The van der Waals surface area contributed by atoms with Crippen molar-refractivity contribution in [3.63, 3.8) is 0 Å². The van der Waals surface area contributed by atoms with Crippen LogP contribution < -0.4 is 14.0 Å². The van der Waals surface area contributed by atoms with Crippen LogP contribution in [0, 0.1) is 6.92 Å². The summed E-state index contributed by atoms with van der Waals surface area (Å²) in [6.45, 7) is 2.80. The molecule has 0 aliphatic carbocycles. The van der Waals surface area contributed by atoms with Gasteiger partial charge in [-0.15, -0.1) is 0 Å². The summed E-state index contributed by atoms with van der Waals surface area (Å²) in [4.78, 5) is 0. The number of aromatic nitrogens is 1. The Bertz CT molecular complexity index is 729. The van der Waals surface area contributed by atoms with Crippen molar-refractivity contribution in [2.24, 2.45) is 0 Å². The van der Waals surface area contributed by atoms with Crippen LogP contribution in [0.5, 0.6) is 11.5 Å². The number of benzene rings is 1. The number of hydrogen-bond donors (Lipinski definition) is 0. The standard InChI is InChI=1S/C16H16Cl2NO2/c1-9-12(17)8-14(18)19-7-6-11-10(15(9)19)4-5-13(20-2)16(11)21-3/h4-5,8H,6-7H2,1-3H3/q+1. The molecule has 0 bridgehead atoms. The van der Waals surface area contributed by atoms with Gasteiger partial charge >= 0.3 is 0 Å². The topological polar surface area (TPSA) is 22.3 Å². The van der Waals surface area contributed by atoms with E-state index in [-0.39, 0.29) is 0 Å². The Balaban J connectivity index is 2.34. The third-order valence-electron chi connectivity index (χ3n) is 3.98. The Morgan fingerprint density at radius 2 is 1.90 bits per heavy atom. The molecule has 0 saturated heterocycles. The Morgan fingerprint density at radius 3 is 2.57 bits per heavy atom. The Hall–Kier alpha value is -1.45. The van der Waals surface area contributed by atoms with Gasteiger partial charge < -0.3 is 9.47 Å². The molecule has 0 atom stereocenters. The summed E-state index contributed by atoms with van der Waals surface area (Å²) >= 11 is 12.6. The summed E-state index contributed by atoms with van der Waals surface area (Å²) in [6.07, 6.45) is 0.841. The van der Waals surface area contributed by atoms with Gasteiger partial charge in [-0.1, -0.05) is 11.6 Å². The molecule has 0 saturated carbocycles. The van der Waals surface area contributed by atoms with Gasteiger partial charge in [-0.2, -0.15) is 4.57 Å². The number of halogens is 2. The maximum Gasteiger partial charge on any atom is 0.276 e. The second kappa shape index (κ2) is 5.39. The quantitative estimate of drug-likeness (QED) is 0.618. The van der Waals surface area contributed by atoms with Crippen molar-refractivity contribution in [2.45, 2.75) is 19.9 Å². The molecule has 2 heterocycles. The Kier molecular flexibility index (Phi) is 3.72. The van der Waals surface area contributed by atoms with Crippen LogP contribution in [-0.2, 0) is 13.0 Å². The smallest absolute Gasteiger partial charge is 0.276 e. The Morgan fingerprint density at radius 1 is 1.14 bits per heavy atom. The highest BCUT2D eigenvalue weighted by Crippen LogP contribution is 2.41. The van der Waals surface area contributed by atoms with Gasteiger partial charge in [-0.25, -0.2) is 0 Å². The van der Waals surface area contributed by atoms with Crippen LogP contribution in [0.25, 0.3) is 11.3 Å². The molecular formula is C16H16Cl2NO2+. The van der Waals surface area contributed by atoms with Crippen molar-refractivity contribution in [3.8, 4) is 22.8 Å². The minimum absolute atomic E-state index is 0.654. The van der Waals surface area contributed by atoms with Crippen LogP contribution in [0.15, 0.2) is 18.2 Å². The monoisotopic (exact) mass is 324 g/mol. The lowest BCUT2D eigenvalue weighted by Gasteiger charge is -2.21. The van der Waals surface area contributed by atoms with Crippen LogP contribution in [0.1, 0.15) is 11.1 Å². The number of hydrogen-bond acceptors (Lipinski definition) is 2. The lowest BCUT2D eigenvalue weighted by Crippen LogP contribution is -2.42. The maximum atomic E-state index is 6.34. The summed E-state index contributed by atoms with van der Waals surface area (Å²) < 4.78 is 13.0. The first kappa shape index (κ1) is 14.5. The number of ether oxygens (including phenoxy) is 2. The van der Waals surface area contributed by atoms with Gasteiger partial charge in [0, 0.05) is 23.6 Å². The average molecular weight is 325 g/mol. The molecule has 0 amide bonds. The Labute approximate surface area is 134 Å². The van der Waals surface area contributed by atoms with Crippen LogP contribution in [0.4, 0.5) is 0 Å². The second-order valence-electron chi connectivity index (χ2n) is 5.02. The number of methoxy groups -OCH3 is 2. The van der Waals surface area contributed by atoms with E-state index in [0.717, 1.165) is 46.8 Å². The normalized spacial score (nSPS) is 12.6. The van der Waals surface area contributed by atoms with E-state index in [1.54, 1.807) is 20.3 Å². The van der Waals surface area contributed by atoms with E-state index in [0.29, 0.717) is 10.2 Å². The summed E-state index contributed by atoms with van der Waals surface area (Å²) in [7, 11) is 3.31. The number of fused-ring (bicyclic) bond motifs is 3. The van der Waals surface area contributed by atoms with Gasteiger partial charge in [0.15, 0.2) is 18.0 Å². The molecule has 0 unspecified atom stereocenters.